The Hall–Kier alpha value is -4.26. The Labute approximate surface area is 267 Å². The maximum Gasteiger partial charge on any atom is 0.310 e. The van der Waals surface area contributed by atoms with Gasteiger partial charge in [0.1, 0.15) is 23.0 Å². The molecule has 44 heavy (non-hydrogen) atoms. The maximum atomic E-state index is 13.2. The Morgan fingerprint density at radius 1 is 1.16 bits per heavy atom. The molecule has 4 aromatic rings. The van der Waals surface area contributed by atoms with Crippen molar-refractivity contribution in [2.24, 2.45) is 0 Å². The summed E-state index contributed by atoms with van der Waals surface area (Å²) in [4.78, 5) is 45.7. The van der Waals surface area contributed by atoms with Crippen molar-refractivity contribution in [3.63, 3.8) is 0 Å². The zero-order valence-corrected chi connectivity index (χ0v) is 25.7. The third-order valence-corrected chi connectivity index (χ3v) is 7.86. The van der Waals surface area contributed by atoms with E-state index in [1.165, 1.54) is 24.2 Å². The van der Waals surface area contributed by atoms with E-state index in [1.807, 2.05) is 0 Å². The van der Waals surface area contributed by atoms with Crippen LogP contribution in [0.2, 0.25) is 15.2 Å². The second-order valence-electron chi connectivity index (χ2n) is 10.0. The first-order chi connectivity index (χ1) is 21.2. The standard InChI is InChI=1S/C29H27Cl3N8O4/c1-44-26(43)13-17-12-22-19(14-20(17)31)27-28(32)37-29(36-27)21(5-3-2-4-6-24(41)35-22)34-25(42)10-7-16-11-18(30)8-9-23(16)40-15-33-38-39-40/h7-12,14-15,21H,2-6,13H2,1H3,(H,34,42)(H,35,41)(H,36,37)/b10-7+/t21-/m0/s1. The fourth-order valence-corrected chi connectivity index (χ4v) is 5.47. The summed E-state index contributed by atoms with van der Waals surface area (Å²) < 4.78 is 6.25. The normalized spacial score (nSPS) is 15.5. The SMILES string of the molecule is COC(=O)Cc1cc2c(cc1Cl)-c1nc([nH]c1Cl)[C@@H](NC(=O)/C=C/c1cc(Cl)ccc1-n1cnnn1)CCCCCC(=O)N2. The summed E-state index contributed by atoms with van der Waals surface area (Å²) in [6, 6.07) is 7.87. The van der Waals surface area contributed by atoms with Crippen LogP contribution in [0.5, 0.6) is 0 Å². The Balaban J connectivity index is 1.45. The number of rotatable bonds is 6. The maximum absolute atomic E-state index is 13.2. The topological polar surface area (TPSA) is 157 Å². The van der Waals surface area contributed by atoms with E-state index in [-0.39, 0.29) is 34.8 Å². The molecule has 228 valence electrons. The van der Waals surface area contributed by atoms with E-state index in [0.29, 0.717) is 57.4 Å². The molecule has 0 radical (unpaired) electrons. The van der Waals surface area contributed by atoms with Gasteiger partial charge < -0.3 is 20.4 Å². The van der Waals surface area contributed by atoms with E-state index in [4.69, 9.17) is 44.5 Å². The van der Waals surface area contributed by atoms with Gasteiger partial charge in [0.25, 0.3) is 0 Å². The van der Waals surface area contributed by atoms with Crippen LogP contribution >= 0.6 is 34.8 Å². The minimum atomic E-state index is -0.515. The third-order valence-electron chi connectivity index (χ3n) is 7.00. The van der Waals surface area contributed by atoms with E-state index in [1.54, 1.807) is 36.4 Å². The number of nitrogens with one attached hydrogen (secondary N) is 3. The number of hydrogen-bond acceptors (Lipinski definition) is 8. The van der Waals surface area contributed by atoms with Crippen molar-refractivity contribution in [1.82, 2.24) is 35.5 Å². The molecule has 2 bridgehead atoms. The molecule has 5 rings (SSSR count). The molecule has 0 unspecified atom stereocenters. The van der Waals surface area contributed by atoms with Gasteiger partial charge in [0.2, 0.25) is 11.8 Å². The highest BCUT2D eigenvalue weighted by Gasteiger charge is 2.24. The number of imidazole rings is 1. The van der Waals surface area contributed by atoms with Crippen LogP contribution in [0.4, 0.5) is 5.69 Å². The smallest absolute Gasteiger partial charge is 0.310 e. The monoisotopic (exact) mass is 656 g/mol. The van der Waals surface area contributed by atoms with Crippen LogP contribution in [0.15, 0.2) is 42.7 Å². The number of nitrogens with zero attached hydrogens (tertiary/aromatic N) is 5. The molecule has 1 aliphatic rings. The molecule has 2 amide bonds. The summed E-state index contributed by atoms with van der Waals surface area (Å²) in [6.45, 7) is 0. The molecule has 1 atom stereocenters. The van der Waals surface area contributed by atoms with Crippen molar-refractivity contribution in [3.05, 3.63) is 74.9 Å². The number of tetrazole rings is 1. The van der Waals surface area contributed by atoms with Crippen molar-refractivity contribution in [2.75, 3.05) is 12.4 Å². The van der Waals surface area contributed by atoms with Gasteiger partial charge in [0, 0.05) is 33.7 Å². The molecule has 1 aliphatic heterocycles. The Bertz CT molecular complexity index is 1720. The lowest BCUT2D eigenvalue weighted by molar-refractivity contribution is -0.139. The van der Waals surface area contributed by atoms with Crippen LogP contribution in [-0.2, 0) is 25.5 Å². The van der Waals surface area contributed by atoms with Crippen LogP contribution in [0.3, 0.4) is 0 Å². The van der Waals surface area contributed by atoms with Gasteiger partial charge >= 0.3 is 5.97 Å². The molecular weight excluding hydrogens is 631 g/mol. The number of aromatic nitrogens is 6. The molecule has 12 nitrogen and oxygen atoms in total. The zero-order chi connectivity index (χ0) is 31.2. The molecule has 2 aromatic heterocycles. The van der Waals surface area contributed by atoms with Gasteiger partial charge in [0.05, 0.1) is 30.9 Å². The fraction of sp³-hybridized carbons (Fsp3) is 0.276. The average molecular weight is 658 g/mol. The predicted octanol–water partition coefficient (Wildman–Crippen LogP) is 5.50. The highest BCUT2D eigenvalue weighted by molar-refractivity contribution is 6.33. The Morgan fingerprint density at radius 2 is 2.00 bits per heavy atom. The molecule has 0 saturated carbocycles. The van der Waals surface area contributed by atoms with E-state index in [2.05, 4.69) is 31.1 Å². The van der Waals surface area contributed by atoms with Crippen LogP contribution in [-0.4, -0.2) is 55.1 Å². The molecule has 3 N–H and O–H groups in total. The van der Waals surface area contributed by atoms with Gasteiger partial charge in [-0.15, -0.1) is 5.10 Å². The zero-order valence-electron chi connectivity index (χ0n) is 23.4. The Kier molecular flexibility index (Phi) is 9.93. The van der Waals surface area contributed by atoms with Gasteiger partial charge in [-0.3, -0.25) is 14.4 Å². The third kappa shape index (κ3) is 7.44. The van der Waals surface area contributed by atoms with Crippen LogP contribution < -0.4 is 10.6 Å². The summed E-state index contributed by atoms with van der Waals surface area (Å²) in [5, 5.41) is 18.1. The van der Waals surface area contributed by atoms with Crippen molar-refractivity contribution in [1.29, 1.82) is 0 Å². The van der Waals surface area contributed by atoms with Gasteiger partial charge in [-0.05, 0) is 65.2 Å². The van der Waals surface area contributed by atoms with Gasteiger partial charge in [-0.2, -0.15) is 4.68 Å². The summed E-state index contributed by atoms with van der Waals surface area (Å²) >= 11 is 19.4. The number of esters is 1. The van der Waals surface area contributed by atoms with Crippen molar-refractivity contribution in [2.45, 2.75) is 44.6 Å². The number of ether oxygens (including phenoxy) is 1. The number of halogens is 3. The lowest BCUT2D eigenvalue weighted by atomic mass is 10.0. The molecule has 15 heteroatoms. The number of methoxy groups -OCH3 is 1. The van der Waals surface area contributed by atoms with Crippen molar-refractivity contribution in [3.8, 4) is 16.9 Å². The summed E-state index contributed by atoms with van der Waals surface area (Å²) in [5.74, 6) is -0.600. The predicted molar refractivity (Wildman–Crippen MR) is 166 cm³/mol. The van der Waals surface area contributed by atoms with E-state index in [0.717, 1.165) is 12.8 Å². The van der Waals surface area contributed by atoms with Gasteiger partial charge in [-0.25, -0.2) is 4.98 Å². The van der Waals surface area contributed by atoms with E-state index >= 15 is 0 Å². The number of carbonyl (C=O) groups is 3. The first-order valence-corrected chi connectivity index (χ1v) is 14.8. The van der Waals surface area contributed by atoms with E-state index in [9.17, 15) is 14.4 Å². The number of benzene rings is 2. The Morgan fingerprint density at radius 3 is 2.77 bits per heavy atom. The number of amides is 2. The van der Waals surface area contributed by atoms with Gasteiger partial charge in [-0.1, -0.05) is 47.6 Å². The lowest BCUT2D eigenvalue weighted by Gasteiger charge is -2.16. The number of anilines is 1. The van der Waals surface area contributed by atoms with Crippen molar-refractivity contribution >= 4 is 64.3 Å². The quantitative estimate of drug-likeness (QED) is 0.181. The summed E-state index contributed by atoms with van der Waals surface area (Å²) in [6.07, 6.45) is 7.33. The number of hydrogen-bond donors (Lipinski definition) is 3. The fourth-order valence-electron chi connectivity index (χ4n) is 4.82. The van der Waals surface area contributed by atoms with Crippen LogP contribution in [0.1, 0.15) is 55.1 Å². The summed E-state index contributed by atoms with van der Waals surface area (Å²) in [7, 11) is 1.29. The second-order valence-corrected chi connectivity index (χ2v) is 11.2. The molecule has 0 aliphatic carbocycles. The van der Waals surface area contributed by atoms with Crippen molar-refractivity contribution < 1.29 is 19.1 Å². The highest BCUT2D eigenvalue weighted by Crippen LogP contribution is 2.38. The molecule has 0 saturated heterocycles. The second kappa shape index (κ2) is 14.0. The average Bonchev–Trinajstić information content (AvgIpc) is 3.66. The largest absolute Gasteiger partial charge is 0.469 e. The summed E-state index contributed by atoms with van der Waals surface area (Å²) in [5.41, 5.74) is 2.96. The number of fused-ring (bicyclic) bond motifs is 4. The molecular formula is C29H27Cl3N8O4. The first kappa shape index (κ1) is 31.2. The lowest BCUT2D eigenvalue weighted by Crippen LogP contribution is -2.27. The highest BCUT2D eigenvalue weighted by atomic mass is 35.5. The molecule has 0 fully saturated rings. The minimum absolute atomic E-state index is 0.0773. The van der Waals surface area contributed by atoms with Crippen LogP contribution in [0.25, 0.3) is 23.0 Å². The number of carbonyl (C=O) groups excluding carboxylic acids is 3. The number of H-pyrrole nitrogens is 1. The molecule has 3 heterocycles. The number of aromatic amines is 1. The minimum Gasteiger partial charge on any atom is -0.469 e. The first-order valence-electron chi connectivity index (χ1n) is 13.7. The molecule has 0 spiro atoms. The van der Waals surface area contributed by atoms with E-state index < -0.39 is 12.0 Å². The molecule has 2 aromatic carbocycles. The van der Waals surface area contributed by atoms with Gasteiger partial charge in [0.15, 0.2) is 0 Å². The van der Waals surface area contributed by atoms with Crippen LogP contribution in [0, 0.1) is 0 Å².